The molecule has 0 aromatic rings. The fourth-order valence-electron chi connectivity index (χ4n) is 3.39. The molecule has 0 aromatic heterocycles. The normalized spacial score (nSPS) is 13.5. The molecule has 2 atom stereocenters. The monoisotopic (exact) mass is 462 g/mol. The van der Waals surface area contributed by atoms with Gasteiger partial charge >= 0.3 is 0 Å². The molecule has 0 heterocycles. The largest absolute Gasteiger partial charge is 0.394 e. The molecule has 0 fully saturated rings. The standard InChI is InChI=1S/C26H54O6/c1-4-5-6-7-8-9-10-11-12-13-14-15-17-30-23-25(2)32-24-26(3)31-22-21-29-20-19-28-18-16-27/h25-27H,4-24H2,1-3H3. The Kier molecular flexibility index (Phi) is 26.8. The van der Waals surface area contributed by atoms with Gasteiger partial charge in [0.2, 0.25) is 0 Å². The van der Waals surface area contributed by atoms with Gasteiger partial charge in [-0.05, 0) is 20.3 Å². The van der Waals surface area contributed by atoms with Gasteiger partial charge < -0.3 is 28.8 Å². The lowest BCUT2D eigenvalue weighted by molar-refractivity contribution is -0.0684. The zero-order valence-electron chi connectivity index (χ0n) is 21.5. The first-order chi connectivity index (χ1) is 15.7. The van der Waals surface area contributed by atoms with Crippen LogP contribution >= 0.6 is 0 Å². The van der Waals surface area contributed by atoms with Crippen LogP contribution in [0.15, 0.2) is 0 Å². The molecule has 0 aliphatic rings. The second-order valence-corrected chi connectivity index (χ2v) is 8.74. The van der Waals surface area contributed by atoms with Gasteiger partial charge in [0.1, 0.15) is 0 Å². The highest BCUT2D eigenvalue weighted by Gasteiger charge is 2.07. The summed E-state index contributed by atoms with van der Waals surface area (Å²) in [5, 5.41) is 8.60. The Morgan fingerprint density at radius 1 is 0.500 bits per heavy atom. The van der Waals surface area contributed by atoms with E-state index in [4.69, 9.17) is 28.8 Å². The van der Waals surface area contributed by atoms with Crippen molar-refractivity contribution in [1.29, 1.82) is 0 Å². The van der Waals surface area contributed by atoms with Crippen LogP contribution in [0, 0.1) is 0 Å². The minimum Gasteiger partial charge on any atom is -0.394 e. The van der Waals surface area contributed by atoms with Crippen LogP contribution in [0.2, 0.25) is 0 Å². The average molecular weight is 463 g/mol. The molecule has 0 amide bonds. The van der Waals surface area contributed by atoms with Gasteiger partial charge in [0, 0.05) is 6.61 Å². The van der Waals surface area contributed by atoms with Crippen LogP contribution in [0.4, 0.5) is 0 Å². The minimum atomic E-state index is 0.0306. The maximum atomic E-state index is 8.60. The van der Waals surface area contributed by atoms with Crippen molar-refractivity contribution in [2.75, 3.05) is 59.5 Å². The summed E-state index contributed by atoms with van der Waals surface area (Å²) in [6.45, 7) is 10.8. The summed E-state index contributed by atoms with van der Waals surface area (Å²) >= 11 is 0. The topological polar surface area (TPSA) is 66.4 Å². The maximum Gasteiger partial charge on any atom is 0.0781 e. The van der Waals surface area contributed by atoms with Crippen LogP contribution in [0.5, 0.6) is 0 Å². The molecular weight excluding hydrogens is 408 g/mol. The highest BCUT2D eigenvalue weighted by Crippen LogP contribution is 2.12. The molecule has 0 aromatic carbocycles. The van der Waals surface area contributed by atoms with E-state index in [1.807, 2.05) is 13.8 Å². The van der Waals surface area contributed by atoms with E-state index in [2.05, 4.69) is 6.92 Å². The second kappa shape index (κ2) is 27.0. The van der Waals surface area contributed by atoms with Gasteiger partial charge in [-0.3, -0.25) is 0 Å². The molecule has 0 aliphatic carbocycles. The first kappa shape index (κ1) is 31.8. The molecule has 2 unspecified atom stereocenters. The van der Waals surface area contributed by atoms with Crippen molar-refractivity contribution in [1.82, 2.24) is 0 Å². The summed E-state index contributed by atoms with van der Waals surface area (Å²) in [7, 11) is 0. The number of aliphatic hydroxyl groups is 1. The summed E-state index contributed by atoms with van der Waals surface area (Å²) in [6, 6.07) is 0. The molecule has 6 heteroatoms. The minimum absolute atomic E-state index is 0.0306. The van der Waals surface area contributed by atoms with Gasteiger partial charge in [-0.1, -0.05) is 77.6 Å². The van der Waals surface area contributed by atoms with Crippen LogP contribution < -0.4 is 0 Å². The Morgan fingerprint density at radius 2 is 1.00 bits per heavy atom. The van der Waals surface area contributed by atoms with Crippen LogP contribution in [-0.2, 0) is 23.7 Å². The summed E-state index contributed by atoms with van der Waals surface area (Å²) in [5.41, 5.74) is 0. The average Bonchev–Trinajstić information content (AvgIpc) is 2.79. The van der Waals surface area contributed by atoms with Gasteiger partial charge in [-0.15, -0.1) is 0 Å². The zero-order chi connectivity index (χ0) is 23.5. The number of rotatable bonds is 27. The lowest BCUT2D eigenvalue weighted by atomic mass is 10.1. The smallest absolute Gasteiger partial charge is 0.0781 e. The quantitative estimate of drug-likeness (QED) is 0.162. The predicted molar refractivity (Wildman–Crippen MR) is 131 cm³/mol. The fourth-order valence-corrected chi connectivity index (χ4v) is 3.39. The molecule has 194 valence electrons. The first-order valence-corrected chi connectivity index (χ1v) is 13.3. The number of unbranched alkanes of at least 4 members (excludes halogenated alkanes) is 11. The van der Waals surface area contributed by atoms with Crippen molar-refractivity contribution in [3.63, 3.8) is 0 Å². The number of aliphatic hydroxyl groups excluding tert-OH is 1. The molecule has 6 nitrogen and oxygen atoms in total. The molecule has 32 heavy (non-hydrogen) atoms. The van der Waals surface area contributed by atoms with E-state index in [1.165, 1.54) is 70.6 Å². The summed E-state index contributed by atoms with van der Waals surface area (Å²) in [4.78, 5) is 0. The predicted octanol–water partition coefficient (Wildman–Crippen LogP) is 5.54. The highest BCUT2D eigenvalue weighted by atomic mass is 16.6. The van der Waals surface area contributed by atoms with Crippen molar-refractivity contribution in [2.45, 2.75) is 110 Å². The number of hydrogen-bond acceptors (Lipinski definition) is 6. The van der Waals surface area contributed by atoms with E-state index in [0.29, 0.717) is 46.2 Å². The summed E-state index contributed by atoms with van der Waals surface area (Å²) in [6.07, 6.45) is 16.5. The van der Waals surface area contributed by atoms with Gasteiger partial charge in [0.05, 0.1) is 65.1 Å². The molecule has 0 bridgehead atoms. The van der Waals surface area contributed by atoms with E-state index in [9.17, 15) is 0 Å². The number of ether oxygens (including phenoxy) is 5. The second-order valence-electron chi connectivity index (χ2n) is 8.74. The third-order valence-corrected chi connectivity index (χ3v) is 5.35. The van der Waals surface area contributed by atoms with E-state index >= 15 is 0 Å². The van der Waals surface area contributed by atoms with E-state index in [1.54, 1.807) is 0 Å². The van der Waals surface area contributed by atoms with Crippen molar-refractivity contribution < 1.29 is 28.8 Å². The Hall–Kier alpha value is -0.240. The molecule has 0 radical (unpaired) electrons. The van der Waals surface area contributed by atoms with E-state index in [0.717, 1.165) is 13.0 Å². The van der Waals surface area contributed by atoms with Crippen LogP contribution in [-0.4, -0.2) is 76.8 Å². The summed E-state index contributed by atoms with van der Waals surface area (Å²) < 4.78 is 27.8. The van der Waals surface area contributed by atoms with E-state index in [-0.39, 0.29) is 18.8 Å². The molecular formula is C26H54O6. The van der Waals surface area contributed by atoms with Crippen LogP contribution in [0.3, 0.4) is 0 Å². The molecule has 0 spiro atoms. The Labute approximate surface area is 198 Å². The van der Waals surface area contributed by atoms with Gasteiger partial charge in [-0.2, -0.15) is 0 Å². The zero-order valence-corrected chi connectivity index (χ0v) is 21.5. The van der Waals surface area contributed by atoms with Gasteiger partial charge in [0.15, 0.2) is 0 Å². The van der Waals surface area contributed by atoms with E-state index < -0.39 is 0 Å². The van der Waals surface area contributed by atoms with Crippen molar-refractivity contribution >= 4 is 0 Å². The maximum absolute atomic E-state index is 8.60. The highest BCUT2D eigenvalue weighted by molar-refractivity contribution is 4.53. The third-order valence-electron chi connectivity index (χ3n) is 5.35. The Bertz CT molecular complexity index is 342. The van der Waals surface area contributed by atoms with Crippen molar-refractivity contribution in [3.05, 3.63) is 0 Å². The molecule has 0 saturated carbocycles. The van der Waals surface area contributed by atoms with Crippen LogP contribution in [0.25, 0.3) is 0 Å². The lowest BCUT2D eigenvalue weighted by Gasteiger charge is -2.18. The Morgan fingerprint density at radius 3 is 1.59 bits per heavy atom. The Balaban J connectivity index is 3.26. The third kappa shape index (κ3) is 26.0. The molecule has 1 N–H and O–H groups in total. The van der Waals surface area contributed by atoms with Crippen molar-refractivity contribution in [2.24, 2.45) is 0 Å². The first-order valence-electron chi connectivity index (χ1n) is 13.3. The van der Waals surface area contributed by atoms with Gasteiger partial charge in [0.25, 0.3) is 0 Å². The van der Waals surface area contributed by atoms with Crippen LogP contribution in [0.1, 0.15) is 97.8 Å². The lowest BCUT2D eigenvalue weighted by Crippen LogP contribution is -2.24. The molecule has 0 aliphatic heterocycles. The molecule has 0 rings (SSSR count). The number of hydrogen-bond donors (Lipinski definition) is 1. The van der Waals surface area contributed by atoms with Gasteiger partial charge in [-0.25, -0.2) is 0 Å². The SMILES string of the molecule is CCCCCCCCCCCCCCOCC(C)OCC(C)OCCOCCOCCO. The fraction of sp³-hybridized carbons (Fsp3) is 1.00. The molecule has 0 saturated heterocycles. The van der Waals surface area contributed by atoms with Crippen molar-refractivity contribution in [3.8, 4) is 0 Å². The summed E-state index contributed by atoms with van der Waals surface area (Å²) in [5.74, 6) is 0.